The number of amides is 1. The zero-order valence-electron chi connectivity index (χ0n) is 20.5. The van der Waals surface area contributed by atoms with E-state index in [-0.39, 0.29) is 11.8 Å². The number of ether oxygens (including phenoxy) is 1. The molecule has 1 amide bonds. The van der Waals surface area contributed by atoms with Crippen LogP contribution in [0.1, 0.15) is 44.1 Å². The van der Waals surface area contributed by atoms with Crippen LogP contribution in [0.25, 0.3) is 11.4 Å². The van der Waals surface area contributed by atoms with Crippen molar-refractivity contribution in [2.75, 3.05) is 26.2 Å². The van der Waals surface area contributed by atoms with Gasteiger partial charge in [0.15, 0.2) is 0 Å². The highest BCUT2D eigenvalue weighted by molar-refractivity contribution is 6.36. The lowest BCUT2D eigenvalue weighted by molar-refractivity contribution is -0.126. The summed E-state index contributed by atoms with van der Waals surface area (Å²) >= 11 is 12.2. The van der Waals surface area contributed by atoms with Gasteiger partial charge in [0.05, 0.1) is 24.1 Å². The van der Waals surface area contributed by atoms with Crippen molar-refractivity contribution < 1.29 is 14.1 Å². The van der Waals surface area contributed by atoms with Crippen molar-refractivity contribution in [2.24, 2.45) is 5.92 Å². The standard InChI is InChI=1S/C27H32Cl2N4O3/c1-2-15-35-24-10-4-3-7-19(24)8-5-13-30-27(34)20-9-6-14-33(17-20)18-25-31-26(32-36-25)22-12-11-21(28)16-23(22)29/h3-4,7,10-12,16,20H,2,5-6,8-9,13-15,17-18H2,1H3,(H,30,34). The summed E-state index contributed by atoms with van der Waals surface area (Å²) in [7, 11) is 0. The number of hydrogen-bond acceptors (Lipinski definition) is 6. The lowest BCUT2D eigenvalue weighted by Gasteiger charge is -2.30. The summed E-state index contributed by atoms with van der Waals surface area (Å²) in [6, 6.07) is 13.3. The summed E-state index contributed by atoms with van der Waals surface area (Å²) < 4.78 is 11.3. The van der Waals surface area contributed by atoms with Crippen molar-refractivity contribution in [1.29, 1.82) is 0 Å². The summed E-state index contributed by atoms with van der Waals surface area (Å²) in [5.41, 5.74) is 1.86. The number of hydrogen-bond donors (Lipinski definition) is 1. The normalized spacial score (nSPS) is 16.1. The minimum atomic E-state index is -0.0491. The quantitative estimate of drug-likeness (QED) is 0.316. The first-order valence-corrected chi connectivity index (χ1v) is 13.3. The van der Waals surface area contributed by atoms with Crippen LogP contribution in [0.15, 0.2) is 47.0 Å². The van der Waals surface area contributed by atoms with Gasteiger partial charge in [-0.2, -0.15) is 4.98 Å². The van der Waals surface area contributed by atoms with Gasteiger partial charge < -0.3 is 14.6 Å². The van der Waals surface area contributed by atoms with Gasteiger partial charge in [0.2, 0.25) is 17.6 Å². The maximum absolute atomic E-state index is 12.8. The number of carbonyl (C=O) groups excluding carboxylic acids is 1. The molecular weight excluding hydrogens is 499 g/mol. The van der Waals surface area contributed by atoms with Crippen LogP contribution in [0.4, 0.5) is 0 Å². The Labute approximate surface area is 222 Å². The summed E-state index contributed by atoms with van der Waals surface area (Å²) in [5.74, 6) is 1.93. The molecule has 0 radical (unpaired) electrons. The fraction of sp³-hybridized carbons (Fsp3) is 0.444. The van der Waals surface area contributed by atoms with Crippen LogP contribution in [0, 0.1) is 5.92 Å². The fourth-order valence-electron chi connectivity index (χ4n) is 4.40. The van der Waals surface area contributed by atoms with E-state index in [4.69, 9.17) is 32.5 Å². The molecule has 1 atom stereocenters. The molecule has 1 aliphatic heterocycles. The van der Waals surface area contributed by atoms with Crippen LogP contribution in [0.2, 0.25) is 10.0 Å². The van der Waals surface area contributed by atoms with Gasteiger partial charge in [0, 0.05) is 23.7 Å². The molecule has 192 valence electrons. The number of carbonyl (C=O) groups is 1. The van der Waals surface area contributed by atoms with Crippen LogP contribution in [0.5, 0.6) is 5.75 Å². The van der Waals surface area contributed by atoms with Gasteiger partial charge in [-0.05, 0) is 68.5 Å². The third-order valence-electron chi connectivity index (χ3n) is 6.23. The molecule has 3 aromatic rings. The number of halogens is 2. The topological polar surface area (TPSA) is 80.5 Å². The molecule has 7 nitrogen and oxygen atoms in total. The first kappa shape index (κ1) is 26.5. The van der Waals surface area contributed by atoms with Crippen molar-refractivity contribution in [1.82, 2.24) is 20.4 Å². The third-order valence-corrected chi connectivity index (χ3v) is 6.78. The highest BCUT2D eigenvalue weighted by Crippen LogP contribution is 2.29. The molecule has 1 aliphatic rings. The molecule has 0 aliphatic carbocycles. The number of aryl methyl sites for hydroxylation is 1. The Balaban J connectivity index is 1.24. The van der Waals surface area contributed by atoms with Gasteiger partial charge in [-0.3, -0.25) is 9.69 Å². The fourth-order valence-corrected chi connectivity index (χ4v) is 4.89. The number of likely N-dealkylation sites (tertiary alicyclic amines) is 1. The average molecular weight is 531 g/mol. The summed E-state index contributed by atoms with van der Waals surface area (Å²) in [5, 5.41) is 8.21. The molecule has 1 fully saturated rings. The maximum atomic E-state index is 12.8. The molecule has 1 aromatic heterocycles. The number of piperidine rings is 1. The highest BCUT2D eigenvalue weighted by atomic mass is 35.5. The largest absolute Gasteiger partial charge is 0.493 e. The van der Waals surface area contributed by atoms with Crippen LogP contribution < -0.4 is 10.1 Å². The van der Waals surface area contributed by atoms with E-state index in [9.17, 15) is 4.79 Å². The predicted molar refractivity (Wildman–Crippen MR) is 141 cm³/mol. The van der Waals surface area contributed by atoms with Gasteiger partial charge in [-0.1, -0.05) is 53.5 Å². The van der Waals surface area contributed by atoms with Gasteiger partial charge in [-0.25, -0.2) is 0 Å². The minimum absolute atomic E-state index is 0.0491. The molecular formula is C27H32Cl2N4O3. The van der Waals surface area contributed by atoms with Gasteiger partial charge in [-0.15, -0.1) is 0 Å². The Bertz CT molecular complexity index is 1150. The number of rotatable bonds is 11. The van der Waals surface area contributed by atoms with Gasteiger partial charge in [0.25, 0.3) is 0 Å². The summed E-state index contributed by atoms with van der Waals surface area (Å²) in [6.45, 7) is 5.51. The lowest BCUT2D eigenvalue weighted by atomic mass is 9.97. The predicted octanol–water partition coefficient (Wildman–Crippen LogP) is 5.79. The minimum Gasteiger partial charge on any atom is -0.493 e. The molecule has 36 heavy (non-hydrogen) atoms. The molecule has 9 heteroatoms. The van der Waals surface area contributed by atoms with Gasteiger partial charge >= 0.3 is 0 Å². The van der Waals surface area contributed by atoms with Crippen LogP contribution in [-0.4, -0.2) is 47.2 Å². The Morgan fingerprint density at radius 1 is 1.25 bits per heavy atom. The van der Waals surface area contributed by atoms with E-state index >= 15 is 0 Å². The Hall–Kier alpha value is -2.61. The number of para-hydroxylation sites is 1. The molecule has 1 unspecified atom stereocenters. The Kier molecular flexibility index (Phi) is 9.61. The highest BCUT2D eigenvalue weighted by Gasteiger charge is 2.27. The maximum Gasteiger partial charge on any atom is 0.241 e. The molecule has 2 heterocycles. The smallest absolute Gasteiger partial charge is 0.241 e. The number of nitrogens with zero attached hydrogens (tertiary/aromatic N) is 3. The van der Waals surface area contributed by atoms with Crippen molar-refractivity contribution in [2.45, 2.75) is 45.6 Å². The number of nitrogens with one attached hydrogen (secondary N) is 1. The van der Waals surface area contributed by atoms with Gasteiger partial charge in [0.1, 0.15) is 5.75 Å². The van der Waals surface area contributed by atoms with E-state index in [1.165, 1.54) is 5.56 Å². The molecule has 2 aromatic carbocycles. The SMILES string of the molecule is CCCOc1ccccc1CCCNC(=O)C1CCCN(Cc2nc(-c3ccc(Cl)cc3Cl)no2)C1. The zero-order chi connectivity index (χ0) is 25.3. The molecule has 0 bridgehead atoms. The molecule has 0 spiro atoms. The van der Waals surface area contributed by atoms with E-state index < -0.39 is 0 Å². The zero-order valence-corrected chi connectivity index (χ0v) is 22.0. The second-order valence-corrected chi connectivity index (χ2v) is 9.90. The molecule has 1 N–H and O–H groups in total. The van der Waals surface area contributed by atoms with Crippen molar-refractivity contribution in [3.63, 3.8) is 0 Å². The average Bonchev–Trinajstić information content (AvgIpc) is 3.34. The Morgan fingerprint density at radius 3 is 2.94 bits per heavy atom. The first-order chi connectivity index (χ1) is 17.5. The van der Waals surface area contributed by atoms with E-state index in [2.05, 4.69) is 33.3 Å². The van der Waals surface area contributed by atoms with E-state index in [0.29, 0.717) is 53.6 Å². The van der Waals surface area contributed by atoms with Crippen LogP contribution in [-0.2, 0) is 17.8 Å². The summed E-state index contributed by atoms with van der Waals surface area (Å²) in [6.07, 6.45) is 4.55. The number of aromatic nitrogens is 2. The second-order valence-electron chi connectivity index (χ2n) is 9.06. The number of benzene rings is 2. The Morgan fingerprint density at radius 2 is 2.11 bits per heavy atom. The van der Waals surface area contributed by atoms with E-state index in [0.717, 1.165) is 44.4 Å². The monoisotopic (exact) mass is 530 g/mol. The van der Waals surface area contributed by atoms with Crippen molar-refractivity contribution in [3.8, 4) is 17.1 Å². The first-order valence-electron chi connectivity index (χ1n) is 12.5. The van der Waals surface area contributed by atoms with E-state index in [1.54, 1.807) is 18.2 Å². The molecule has 1 saturated heterocycles. The summed E-state index contributed by atoms with van der Waals surface area (Å²) in [4.78, 5) is 19.5. The lowest BCUT2D eigenvalue weighted by Crippen LogP contribution is -2.43. The van der Waals surface area contributed by atoms with Crippen LogP contribution in [0.3, 0.4) is 0 Å². The van der Waals surface area contributed by atoms with Crippen molar-refractivity contribution in [3.05, 3.63) is 64.0 Å². The third kappa shape index (κ3) is 7.21. The van der Waals surface area contributed by atoms with E-state index in [1.807, 2.05) is 18.2 Å². The molecule has 0 saturated carbocycles. The van der Waals surface area contributed by atoms with Crippen LogP contribution >= 0.6 is 23.2 Å². The molecule has 4 rings (SSSR count). The second kappa shape index (κ2) is 13.1. The van der Waals surface area contributed by atoms with Crippen molar-refractivity contribution >= 4 is 29.1 Å².